The molecule has 4 aromatic rings. The Morgan fingerprint density at radius 1 is 0.914 bits per heavy atom. The largest absolute Gasteiger partial charge is 0.353 e. The molecule has 0 aliphatic carbocycles. The predicted octanol–water partition coefficient (Wildman–Crippen LogP) is 4.62. The number of hydrogen-bond donors (Lipinski definition) is 1. The van der Waals surface area contributed by atoms with Gasteiger partial charge in [-0.15, -0.1) is 0 Å². The van der Waals surface area contributed by atoms with Crippen molar-refractivity contribution in [2.24, 2.45) is 0 Å². The summed E-state index contributed by atoms with van der Waals surface area (Å²) in [6.45, 7) is 7.55. The zero-order valence-corrected chi connectivity index (χ0v) is 20.0. The molecule has 0 radical (unpaired) electrons. The number of benzene rings is 2. The van der Waals surface area contributed by atoms with E-state index in [1.165, 1.54) is 5.56 Å². The minimum Gasteiger partial charge on any atom is -0.353 e. The lowest BCUT2D eigenvalue weighted by atomic mass is 10.1. The number of fused-ring (bicyclic) bond motifs is 1. The topological polar surface area (TPSA) is 74.2 Å². The molecule has 7 nitrogen and oxygen atoms in total. The number of carbonyl (C=O) groups is 1. The van der Waals surface area contributed by atoms with E-state index in [-0.39, 0.29) is 5.91 Å². The van der Waals surface area contributed by atoms with Gasteiger partial charge in [-0.1, -0.05) is 29.8 Å². The summed E-state index contributed by atoms with van der Waals surface area (Å²) in [6, 6.07) is 17.9. The Morgan fingerprint density at radius 2 is 1.63 bits per heavy atom. The quantitative estimate of drug-likeness (QED) is 0.435. The predicted molar refractivity (Wildman–Crippen MR) is 142 cm³/mol. The number of hydrogen-bond acceptors (Lipinski definition) is 6. The number of anilines is 3. The number of nitrogens with one attached hydrogen (secondary N) is 1. The van der Waals surface area contributed by atoms with Crippen LogP contribution >= 0.6 is 0 Å². The molecule has 2 aromatic carbocycles. The summed E-state index contributed by atoms with van der Waals surface area (Å²) >= 11 is 0. The number of pyridine rings is 1. The zero-order chi connectivity index (χ0) is 24.2. The fraction of sp³-hybridized carbons (Fsp3) is 0.214. The Bertz CT molecular complexity index is 1360. The lowest BCUT2D eigenvalue weighted by molar-refractivity contribution is -0.111. The first-order valence-electron chi connectivity index (χ1n) is 11.8. The van der Waals surface area contributed by atoms with Crippen LogP contribution in [0, 0.1) is 13.8 Å². The van der Waals surface area contributed by atoms with Crippen LogP contribution in [-0.4, -0.2) is 47.0 Å². The maximum absolute atomic E-state index is 12.4. The van der Waals surface area contributed by atoms with Crippen LogP contribution in [0.25, 0.3) is 17.0 Å². The molecule has 0 bridgehead atoms. The van der Waals surface area contributed by atoms with Crippen LogP contribution in [-0.2, 0) is 4.79 Å². The zero-order valence-electron chi connectivity index (χ0n) is 20.0. The molecule has 176 valence electrons. The van der Waals surface area contributed by atoms with E-state index in [1.54, 1.807) is 18.5 Å². The minimum atomic E-state index is -0.160. The van der Waals surface area contributed by atoms with Gasteiger partial charge < -0.3 is 15.1 Å². The summed E-state index contributed by atoms with van der Waals surface area (Å²) in [7, 11) is 0. The number of rotatable bonds is 5. The molecule has 0 spiro atoms. The average Bonchev–Trinajstić information content (AvgIpc) is 2.89. The van der Waals surface area contributed by atoms with Crippen molar-refractivity contribution in [1.82, 2.24) is 15.0 Å². The van der Waals surface area contributed by atoms with E-state index in [1.807, 2.05) is 61.5 Å². The Hall–Kier alpha value is -4.26. The Morgan fingerprint density at radius 3 is 2.37 bits per heavy atom. The fourth-order valence-corrected chi connectivity index (χ4v) is 4.24. The van der Waals surface area contributed by atoms with Crippen molar-refractivity contribution in [2.75, 3.05) is 41.3 Å². The second kappa shape index (κ2) is 9.93. The van der Waals surface area contributed by atoms with Crippen molar-refractivity contribution in [3.8, 4) is 0 Å². The number of nitrogens with zero attached hydrogens (tertiary/aromatic N) is 5. The van der Waals surface area contributed by atoms with E-state index >= 15 is 0 Å². The van der Waals surface area contributed by atoms with Crippen molar-refractivity contribution in [1.29, 1.82) is 0 Å². The highest BCUT2D eigenvalue weighted by atomic mass is 16.1. The van der Waals surface area contributed by atoms with E-state index in [4.69, 9.17) is 4.98 Å². The maximum atomic E-state index is 12.4. The van der Waals surface area contributed by atoms with Crippen LogP contribution in [0.2, 0.25) is 0 Å². The van der Waals surface area contributed by atoms with Crippen LogP contribution in [0.3, 0.4) is 0 Å². The molecule has 0 atom stereocenters. The summed E-state index contributed by atoms with van der Waals surface area (Å²) in [5, 5.41) is 3.99. The lowest BCUT2D eigenvalue weighted by Crippen LogP contribution is -2.47. The number of carbonyl (C=O) groups excluding carboxylic acids is 1. The highest BCUT2D eigenvalue weighted by Crippen LogP contribution is 2.26. The van der Waals surface area contributed by atoms with E-state index in [0.717, 1.165) is 65.7 Å². The first-order valence-corrected chi connectivity index (χ1v) is 11.8. The van der Waals surface area contributed by atoms with Gasteiger partial charge in [-0.2, -0.15) is 0 Å². The van der Waals surface area contributed by atoms with Crippen molar-refractivity contribution < 1.29 is 4.79 Å². The number of piperazine rings is 1. The summed E-state index contributed by atoms with van der Waals surface area (Å²) in [6.07, 6.45) is 6.93. The molecule has 1 saturated heterocycles. The second-order valence-electron chi connectivity index (χ2n) is 8.79. The summed E-state index contributed by atoms with van der Waals surface area (Å²) in [5.74, 6) is 1.59. The lowest BCUT2D eigenvalue weighted by Gasteiger charge is -2.35. The van der Waals surface area contributed by atoms with Crippen LogP contribution < -0.4 is 15.1 Å². The molecule has 35 heavy (non-hydrogen) atoms. The van der Waals surface area contributed by atoms with Gasteiger partial charge in [0.05, 0.1) is 5.52 Å². The molecule has 1 fully saturated rings. The molecule has 1 aliphatic heterocycles. The monoisotopic (exact) mass is 464 g/mol. The Kier molecular flexibility index (Phi) is 6.39. The van der Waals surface area contributed by atoms with E-state index < -0.39 is 0 Å². The molecule has 7 heteroatoms. The molecule has 2 aromatic heterocycles. The standard InChI is InChI=1S/C28H28N6O/c1-20-4-6-22(7-5-20)8-11-27(35)31-23-9-10-25-24(19-23)21(2)18-26(32-25)33-14-16-34(17-15-33)28-29-12-3-13-30-28/h3-13,18-19H,14-17H2,1-2H3,(H,31,35)/b11-8+. The average molecular weight is 465 g/mol. The minimum absolute atomic E-state index is 0.160. The third-order valence-corrected chi connectivity index (χ3v) is 6.21. The van der Waals surface area contributed by atoms with Gasteiger partial charge in [-0.25, -0.2) is 15.0 Å². The molecule has 3 heterocycles. The molecular weight excluding hydrogens is 436 g/mol. The first-order chi connectivity index (χ1) is 17.0. The third-order valence-electron chi connectivity index (χ3n) is 6.21. The number of aromatic nitrogens is 3. The van der Waals surface area contributed by atoms with E-state index in [2.05, 4.69) is 38.1 Å². The summed E-state index contributed by atoms with van der Waals surface area (Å²) in [5.41, 5.74) is 4.99. The van der Waals surface area contributed by atoms with Gasteiger partial charge in [-0.05, 0) is 61.4 Å². The normalized spacial score (nSPS) is 14.0. The van der Waals surface area contributed by atoms with Crippen molar-refractivity contribution in [3.63, 3.8) is 0 Å². The van der Waals surface area contributed by atoms with Crippen molar-refractivity contribution in [2.45, 2.75) is 13.8 Å². The van der Waals surface area contributed by atoms with Crippen molar-refractivity contribution in [3.05, 3.63) is 89.8 Å². The molecule has 1 amide bonds. The van der Waals surface area contributed by atoms with Crippen LogP contribution in [0.5, 0.6) is 0 Å². The fourth-order valence-electron chi connectivity index (χ4n) is 4.24. The van der Waals surface area contributed by atoms with Crippen LogP contribution in [0.4, 0.5) is 17.5 Å². The molecular formula is C28H28N6O. The van der Waals surface area contributed by atoms with Gasteiger partial charge in [0.2, 0.25) is 11.9 Å². The molecule has 0 unspecified atom stereocenters. The molecule has 1 N–H and O–H groups in total. The third kappa shape index (κ3) is 5.30. The van der Waals surface area contributed by atoms with Crippen LogP contribution in [0.15, 0.2) is 73.1 Å². The molecule has 1 aliphatic rings. The Balaban J connectivity index is 1.26. The van der Waals surface area contributed by atoms with Gasteiger partial charge in [0.25, 0.3) is 0 Å². The molecule has 5 rings (SSSR count). The smallest absolute Gasteiger partial charge is 0.248 e. The van der Waals surface area contributed by atoms with E-state index in [0.29, 0.717) is 0 Å². The van der Waals surface area contributed by atoms with Gasteiger partial charge >= 0.3 is 0 Å². The summed E-state index contributed by atoms with van der Waals surface area (Å²) < 4.78 is 0. The van der Waals surface area contributed by atoms with Gasteiger partial charge in [0, 0.05) is 55.7 Å². The maximum Gasteiger partial charge on any atom is 0.248 e. The van der Waals surface area contributed by atoms with E-state index in [9.17, 15) is 4.79 Å². The van der Waals surface area contributed by atoms with Gasteiger partial charge in [0.15, 0.2) is 0 Å². The highest BCUT2D eigenvalue weighted by molar-refractivity contribution is 6.03. The van der Waals surface area contributed by atoms with Crippen molar-refractivity contribution >= 4 is 40.3 Å². The first kappa shape index (κ1) is 22.5. The summed E-state index contributed by atoms with van der Waals surface area (Å²) in [4.78, 5) is 30.6. The Labute approximate surface area is 205 Å². The van der Waals surface area contributed by atoms with Gasteiger partial charge in [-0.3, -0.25) is 4.79 Å². The van der Waals surface area contributed by atoms with Gasteiger partial charge in [0.1, 0.15) is 5.82 Å². The highest BCUT2D eigenvalue weighted by Gasteiger charge is 2.20. The van der Waals surface area contributed by atoms with Crippen LogP contribution in [0.1, 0.15) is 16.7 Å². The number of aryl methyl sites for hydroxylation is 2. The number of amides is 1. The molecule has 0 saturated carbocycles. The SMILES string of the molecule is Cc1ccc(/C=C/C(=O)Nc2ccc3nc(N4CCN(c5ncccn5)CC4)cc(C)c3c2)cc1. The second-order valence-corrected chi connectivity index (χ2v) is 8.79.